The van der Waals surface area contributed by atoms with Gasteiger partial charge in [-0.25, -0.2) is 0 Å². The molecule has 1 saturated heterocycles. The number of thioether (sulfide) groups is 1. The van der Waals surface area contributed by atoms with Gasteiger partial charge in [-0.1, -0.05) is 6.08 Å². The van der Waals surface area contributed by atoms with E-state index in [0.717, 1.165) is 22.2 Å². The van der Waals surface area contributed by atoms with Gasteiger partial charge in [0.2, 0.25) is 0 Å². The van der Waals surface area contributed by atoms with Gasteiger partial charge in [-0.15, -0.1) is 0 Å². The van der Waals surface area contributed by atoms with Crippen molar-refractivity contribution in [2.24, 2.45) is 0 Å². The molecule has 0 aliphatic carbocycles. The number of aliphatic hydroxyl groups is 1. The number of rotatable bonds is 4. The van der Waals surface area contributed by atoms with Crippen LogP contribution in [0.3, 0.4) is 0 Å². The SMILES string of the molecule is CC1(C)OB(C(=Cc2cc(SC#N)ccc2N)CO)OC1(C)C. The minimum Gasteiger partial charge on any atom is -0.400 e. The number of nitrogen functional groups attached to an aromatic ring is 1. The van der Waals surface area contributed by atoms with Crippen molar-refractivity contribution in [3.8, 4) is 5.40 Å². The summed E-state index contributed by atoms with van der Waals surface area (Å²) in [7, 11) is -0.628. The summed E-state index contributed by atoms with van der Waals surface area (Å²) in [6.07, 6.45) is 1.76. The van der Waals surface area contributed by atoms with Crippen molar-refractivity contribution in [2.75, 3.05) is 12.3 Å². The average Bonchev–Trinajstić information content (AvgIpc) is 2.68. The van der Waals surface area contributed by atoms with E-state index in [-0.39, 0.29) is 6.61 Å². The molecule has 0 spiro atoms. The van der Waals surface area contributed by atoms with Crippen LogP contribution in [0.2, 0.25) is 0 Å². The Morgan fingerprint density at radius 2 is 1.96 bits per heavy atom. The van der Waals surface area contributed by atoms with Gasteiger partial charge in [0, 0.05) is 10.6 Å². The summed E-state index contributed by atoms with van der Waals surface area (Å²) in [5, 5.41) is 20.5. The van der Waals surface area contributed by atoms with Crippen LogP contribution in [0.25, 0.3) is 6.08 Å². The Labute approximate surface area is 141 Å². The zero-order chi connectivity index (χ0) is 17.3. The quantitative estimate of drug-likeness (QED) is 0.381. The predicted molar refractivity (Wildman–Crippen MR) is 93.5 cm³/mol. The van der Waals surface area contributed by atoms with E-state index < -0.39 is 18.3 Å². The normalized spacial score (nSPS) is 19.7. The van der Waals surface area contributed by atoms with Gasteiger partial charge < -0.3 is 20.1 Å². The van der Waals surface area contributed by atoms with Crippen molar-refractivity contribution >= 4 is 30.6 Å². The van der Waals surface area contributed by atoms with E-state index in [1.165, 1.54) is 0 Å². The van der Waals surface area contributed by atoms with Crippen LogP contribution in [0, 0.1) is 10.7 Å². The topological polar surface area (TPSA) is 88.5 Å². The molecule has 0 amide bonds. The lowest BCUT2D eigenvalue weighted by Crippen LogP contribution is -2.41. The molecule has 0 bridgehead atoms. The lowest BCUT2D eigenvalue weighted by molar-refractivity contribution is 0.00578. The molecule has 1 aliphatic rings. The van der Waals surface area contributed by atoms with Gasteiger partial charge in [0.1, 0.15) is 5.40 Å². The molecule has 0 radical (unpaired) electrons. The molecule has 1 aliphatic heterocycles. The fraction of sp³-hybridized carbons (Fsp3) is 0.438. The molecule has 0 atom stereocenters. The van der Waals surface area contributed by atoms with E-state index in [9.17, 15) is 5.11 Å². The van der Waals surface area contributed by atoms with Crippen LogP contribution in [0.15, 0.2) is 28.6 Å². The second kappa shape index (κ2) is 6.58. The molecular formula is C16H21BN2O3S. The van der Waals surface area contributed by atoms with Crippen molar-refractivity contribution in [3.05, 3.63) is 29.2 Å². The molecule has 7 heteroatoms. The number of hydrogen-bond donors (Lipinski definition) is 2. The maximum atomic E-state index is 9.73. The molecule has 0 aromatic heterocycles. The Morgan fingerprint density at radius 1 is 1.35 bits per heavy atom. The van der Waals surface area contributed by atoms with Gasteiger partial charge in [0.15, 0.2) is 0 Å². The molecule has 1 aromatic rings. The van der Waals surface area contributed by atoms with Gasteiger partial charge in [0.25, 0.3) is 0 Å². The van der Waals surface area contributed by atoms with Crippen molar-refractivity contribution in [3.63, 3.8) is 0 Å². The van der Waals surface area contributed by atoms with Crippen LogP contribution >= 0.6 is 11.8 Å². The Hall–Kier alpha value is -1.46. The summed E-state index contributed by atoms with van der Waals surface area (Å²) >= 11 is 1.06. The largest absolute Gasteiger partial charge is 0.492 e. The van der Waals surface area contributed by atoms with Crippen molar-refractivity contribution < 1.29 is 14.4 Å². The van der Waals surface area contributed by atoms with Gasteiger partial charge in [-0.2, -0.15) is 5.26 Å². The van der Waals surface area contributed by atoms with E-state index in [1.807, 2.05) is 39.2 Å². The Kier molecular flexibility index (Phi) is 5.12. The van der Waals surface area contributed by atoms with Gasteiger partial charge in [-0.05, 0) is 68.7 Å². The maximum Gasteiger partial charge on any atom is 0.492 e. The average molecular weight is 332 g/mol. The number of hydrogen-bond acceptors (Lipinski definition) is 6. The van der Waals surface area contributed by atoms with Gasteiger partial charge in [-0.3, -0.25) is 0 Å². The number of nitrogens with two attached hydrogens (primary N) is 1. The number of anilines is 1. The summed E-state index contributed by atoms with van der Waals surface area (Å²) in [6, 6.07) is 5.34. The summed E-state index contributed by atoms with van der Waals surface area (Å²) in [5.41, 5.74) is 6.92. The van der Waals surface area contributed by atoms with E-state index in [1.54, 1.807) is 18.2 Å². The lowest BCUT2D eigenvalue weighted by Gasteiger charge is -2.32. The molecule has 2 rings (SSSR count). The molecule has 122 valence electrons. The summed E-state index contributed by atoms with van der Waals surface area (Å²) < 4.78 is 11.9. The minimum atomic E-state index is -0.628. The van der Waals surface area contributed by atoms with Crippen molar-refractivity contribution in [1.29, 1.82) is 5.26 Å². The standard InChI is InChI=1S/C16H21BN2O3S/c1-15(2)16(3,4)22-17(21-15)12(9-20)7-11-8-13(23-10-18)5-6-14(11)19/h5-8,20H,9,19H2,1-4H3. The number of nitriles is 1. The van der Waals surface area contributed by atoms with Gasteiger partial charge in [0.05, 0.1) is 17.8 Å². The molecule has 1 fully saturated rings. The summed E-state index contributed by atoms with van der Waals surface area (Å²) in [6.45, 7) is 7.63. The molecular weight excluding hydrogens is 311 g/mol. The first-order chi connectivity index (χ1) is 10.7. The Balaban J connectivity index is 2.34. The number of thiocyanates is 1. The number of aliphatic hydroxyl groups excluding tert-OH is 1. The molecule has 23 heavy (non-hydrogen) atoms. The number of benzene rings is 1. The molecule has 0 unspecified atom stereocenters. The third-order valence-electron chi connectivity index (χ3n) is 4.30. The molecule has 5 nitrogen and oxygen atoms in total. The van der Waals surface area contributed by atoms with Crippen LogP contribution in [0.1, 0.15) is 33.3 Å². The van der Waals surface area contributed by atoms with Crippen LogP contribution < -0.4 is 5.73 Å². The highest BCUT2D eigenvalue weighted by Gasteiger charge is 2.52. The first-order valence-corrected chi connectivity index (χ1v) is 8.14. The zero-order valence-electron chi connectivity index (χ0n) is 13.8. The third kappa shape index (κ3) is 3.73. The Morgan fingerprint density at radius 3 is 2.48 bits per heavy atom. The molecule has 1 heterocycles. The van der Waals surface area contributed by atoms with Crippen molar-refractivity contribution in [2.45, 2.75) is 43.8 Å². The highest BCUT2D eigenvalue weighted by Crippen LogP contribution is 2.39. The predicted octanol–water partition coefficient (Wildman–Crippen LogP) is 2.85. The molecule has 0 saturated carbocycles. The van der Waals surface area contributed by atoms with Crippen LogP contribution in [-0.4, -0.2) is 30.0 Å². The molecule has 1 aromatic carbocycles. The highest BCUT2D eigenvalue weighted by molar-refractivity contribution is 8.03. The zero-order valence-corrected chi connectivity index (χ0v) is 14.6. The van der Waals surface area contributed by atoms with E-state index in [0.29, 0.717) is 11.2 Å². The highest BCUT2D eigenvalue weighted by atomic mass is 32.2. The maximum absolute atomic E-state index is 9.73. The third-order valence-corrected chi connectivity index (χ3v) is 4.88. The van der Waals surface area contributed by atoms with Crippen LogP contribution in [-0.2, 0) is 9.31 Å². The summed E-state index contributed by atoms with van der Waals surface area (Å²) in [5.74, 6) is 0. The van der Waals surface area contributed by atoms with Crippen LogP contribution in [0.5, 0.6) is 0 Å². The van der Waals surface area contributed by atoms with E-state index in [4.69, 9.17) is 20.3 Å². The Bertz CT molecular complexity index is 652. The van der Waals surface area contributed by atoms with Crippen LogP contribution in [0.4, 0.5) is 5.69 Å². The van der Waals surface area contributed by atoms with E-state index >= 15 is 0 Å². The fourth-order valence-electron chi connectivity index (χ4n) is 2.18. The fourth-order valence-corrected chi connectivity index (χ4v) is 2.60. The first kappa shape index (κ1) is 17.9. The number of nitrogens with zero attached hydrogens (tertiary/aromatic N) is 1. The smallest absolute Gasteiger partial charge is 0.400 e. The second-order valence-corrected chi connectivity index (χ2v) is 7.31. The molecule has 3 N–H and O–H groups in total. The second-order valence-electron chi connectivity index (χ2n) is 6.45. The van der Waals surface area contributed by atoms with Gasteiger partial charge >= 0.3 is 7.12 Å². The minimum absolute atomic E-state index is 0.202. The first-order valence-electron chi connectivity index (χ1n) is 7.32. The summed E-state index contributed by atoms with van der Waals surface area (Å²) in [4.78, 5) is 0.791. The van der Waals surface area contributed by atoms with Crippen molar-refractivity contribution in [1.82, 2.24) is 0 Å². The lowest BCUT2D eigenvalue weighted by atomic mass is 9.77. The van der Waals surface area contributed by atoms with E-state index in [2.05, 4.69) is 0 Å². The monoisotopic (exact) mass is 332 g/mol.